The average Bonchev–Trinajstić information content (AvgIpc) is 2.90. The fourth-order valence-corrected chi connectivity index (χ4v) is 6.37. The second-order valence-electron chi connectivity index (χ2n) is 12.7. The summed E-state index contributed by atoms with van der Waals surface area (Å²) < 4.78 is 12.6. The molecule has 0 aromatic heterocycles. The minimum Gasteiger partial charge on any atom is -0.481 e. The van der Waals surface area contributed by atoms with Crippen LogP contribution in [-0.2, 0) is 14.3 Å². The van der Waals surface area contributed by atoms with Crippen LogP contribution in [0.4, 0.5) is 0 Å². The number of benzene rings is 1. The molecule has 0 fully saturated rings. The molecule has 8 atom stereocenters. The van der Waals surface area contributed by atoms with Gasteiger partial charge in [-0.2, -0.15) is 0 Å². The van der Waals surface area contributed by atoms with E-state index in [2.05, 4.69) is 40.7 Å². The molecule has 2 aliphatic carbocycles. The van der Waals surface area contributed by atoms with E-state index < -0.39 is 48.9 Å². The number of aliphatic hydroxyl groups excluding tert-OH is 3. The summed E-state index contributed by atoms with van der Waals surface area (Å²) in [6.07, 6.45) is 3.03. The van der Waals surface area contributed by atoms with Gasteiger partial charge in [0, 0.05) is 12.3 Å². The van der Waals surface area contributed by atoms with E-state index >= 15 is 0 Å². The summed E-state index contributed by atoms with van der Waals surface area (Å²) >= 11 is 0. The molecule has 42 heavy (non-hydrogen) atoms. The van der Waals surface area contributed by atoms with Gasteiger partial charge in [-0.25, -0.2) is 4.79 Å². The van der Waals surface area contributed by atoms with Crippen molar-refractivity contribution < 1.29 is 39.5 Å². The van der Waals surface area contributed by atoms with Crippen molar-refractivity contribution in [3.05, 3.63) is 53.1 Å². The van der Waals surface area contributed by atoms with Gasteiger partial charge in [0.15, 0.2) is 6.10 Å². The van der Waals surface area contributed by atoms with E-state index in [0.29, 0.717) is 19.3 Å². The van der Waals surface area contributed by atoms with Crippen LogP contribution in [0, 0.1) is 17.8 Å². The predicted molar refractivity (Wildman–Crippen MR) is 161 cm³/mol. The van der Waals surface area contributed by atoms with Crippen LogP contribution in [0.3, 0.4) is 0 Å². The monoisotopic (exact) mass is 586 g/mol. The summed E-state index contributed by atoms with van der Waals surface area (Å²) in [7, 11) is 0. The maximum Gasteiger partial charge on any atom is 0.347 e. The van der Waals surface area contributed by atoms with Crippen molar-refractivity contribution in [1.29, 1.82) is 0 Å². The molecular formula is C34H50O8. The molecule has 0 saturated carbocycles. The molecule has 8 heteroatoms. The number of rotatable bonds is 14. The van der Waals surface area contributed by atoms with Crippen molar-refractivity contribution in [2.24, 2.45) is 17.8 Å². The molecule has 3 rings (SSSR count). The second kappa shape index (κ2) is 15.2. The topological polar surface area (TPSA) is 134 Å². The summed E-state index contributed by atoms with van der Waals surface area (Å²) in [5.74, 6) is -0.416. The number of carbonyl (C=O) groups excluding carboxylic acids is 1. The lowest BCUT2D eigenvalue weighted by Gasteiger charge is -2.43. The number of carboxylic acids is 1. The highest BCUT2D eigenvalue weighted by atomic mass is 16.6. The molecule has 0 heterocycles. The standard InChI is InChI=1S/C34H50O8/c1-7-29(41-33-26(19(2)3)9-8-10-27(33)20(4)5)34(40)42-30-17-24(36)15-22-12-11-21(6)28(32(22)30)14-13-23(35)16-25(37)18-31(38)39/h8-12,15,19-21,23-25,28-30,32,35-37H,7,13-14,16-18H2,1-6H3,(H,38,39)/t21-,23+,24+,25+,28-,29?,30-,32-/m0/s1. The van der Waals surface area contributed by atoms with Gasteiger partial charge in [0.05, 0.1) is 24.7 Å². The third-order valence-corrected chi connectivity index (χ3v) is 8.64. The molecule has 1 unspecified atom stereocenters. The van der Waals surface area contributed by atoms with E-state index in [1.165, 1.54) is 0 Å². The number of aliphatic hydroxyl groups is 3. The van der Waals surface area contributed by atoms with Crippen molar-refractivity contribution in [2.75, 3.05) is 0 Å². The quantitative estimate of drug-likeness (QED) is 0.210. The molecule has 234 valence electrons. The van der Waals surface area contributed by atoms with Crippen LogP contribution in [0.1, 0.15) is 103 Å². The molecule has 0 bridgehead atoms. The fraction of sp³-hybridized carbons (Fsp3) is 0.647. The molecule has 4 N–H and O–H groups in total. The van der Waals surface area contributed by atoms with Crippen molar-refractivity contribution in [3.8, 4) is 5.75 Å². The number of aliphatic carboxylic acids is 1. The largest absolute Gasteiger partial charge is 0.481 e. The molecule has 0 radical (unpaired) electrons. The number of esters is 1. The lowest BCUT2D eigenvalue weighted by atomic mass is 9.66. The number of para-hydroxylation sites is 1. The van der Waals surface area contributed by atoms with E-state index in [1.807, 2.05) is 37.3 Å². The Morgan fingerprint density at radius 3 is 2.26 bits per heavy atom. The van der Waals surface area contributed by atoms with Crippen LogP contribution < -0.4 is 4.74 Å². The third kappa shape index (κ3) is 8.68. The lowest BCUT2D eigenvalue weighted by molar-refractivity contribution is -0.163. The van der Waals surface area contributed by atoms with Gasteiger partial charge in [0.25, 0.3) is 0 Å². The van der Waals surface area contributed by atoms with E-state index in [4.69, 9.17) is 14.6 Å². The number of carboxylic acid groups (broad SMARTS) is 1. The maximum atomic E-state index is 13.7. The average molecular weight is 587 g/mol. The number of ether oxygens (including phenoxy) is 2. The van der Waals surface area contributed by atoms with Gasteiger partial charge in [0.2, 0.25) is 0 Å². The van der Waals surface area contributed by atoms with E-state index in [0.717, 1.165) is 22.4 Å². The Hall–Kier alpha value is -2.68. The molecule has 0 saturated heterocycles. The summed E-state index contributed by atoms with van der Waals surface area (Å²) in [6, 6.07) is 6.09. The predicted octanol–water partition coefficient (Wildman–Crippen LogP) is 5.50. The molecule has 8 nitrogen and oxygen atoms in total. The minimum atomic E-state index is -1.11. The Bertz CT molecular complexity index is 1100. The number of hydrogen-bond donors (Lipinski definition) is 4. The fourth-order valence-electron chi connectivity index (χ4n) is 6.37. The van der Waals surface area contributed by atoms with Crippen LogP contribution in [0.2, 0.25) is 0 Å². The maximum absolute atomic E-state index is 13.7. The Labute approximate surface area is 250 Å². The zero-order chi connectivity index (χ0) is 31.1. The molecule has 1 aromatic carbocycles. The van der Waals surface area contributed by atoms with E-state index in [1.54, 1.807) is 0 Å². The van der Waals surface area contributed by atoms with Gasteiger partial charge in [0.1, 0.15) is 11.9 Å². The first-order valence-corrected chi connectivity index (χ1v) is 15.5. The van der Waals surface area contributed by atoms with Crippen LogP contribution in [0.15, 0.2) is 42.0 Å². The number of hydrogen-bond acceptors (Lipinski definition) is 7. The SMILES string of the molecule is CCC(Oc1c(C(C)C)cccc1C(C)C)C(=O)O[C@H]1C[C@H](O)C=C2C=C[C@H](C)[C@H](CC[C@@H](O)C[C@@H](O)CC(=O)O)[C@H]21. The third-order valence-electron chi connectivity index (χ3n) is 8.64. The summed E-state index contributed by atoms with van der Waals surface area (Å²) in [5, 5.41) is 40.0. The first kappa shape index (κ1) is 33.8. The van der Waals surface area contributed by atoms with Crippen LogP contribution in [0.25, 0.3) is 0 Å². The molecule has 1 aromatic rings. The number of carbonyl (C=O) groups is 2. The molecule has 0 spiro atoms. The van der Waals surface area contributed by atoms with Crippen LogP contribution >= 0.6 is 0 Å². The summed E-state index contributed by atoms with van der Waals surface area (Å²) in [4.78, 5) is 24.6. The number of allylic oxidation sites excluding steroid dienone is 2. The van der Waals surface area contributed by atoms with Crippen LogP contribution in [0.5, 0.6) is 5.75 Å². The van der Waals surface area contributed by atoms with Gasteiger partial charge in [-0.3, -0.25) is 4.79 Å². The zero-order valence-electron chi connectivity index (χ0n) is 25.9. The first-order chi connectivity index (χ1) is 19.8. The van der Waals surface area contributed by atoms with E-state index in [9.17, 15) is 24.9 Å². The van der Waals surface area contributed by atoms with E-state index in [-0.39, 0.29) is 42.4 Å². The van der Waals surface area contributed by atoms with Gasteiger partial charge in [-0.1, -0.05) is 78.0 Å². The highest BCUT2D eigenvalue weighted by molar-refractivity contribution is 5.75. The molecule has 0 aliphatic heterocycles. The zero-order valence-corrected chi connectivity index (χ0v) is 25.9. The van der Waals surface area contributed by atoms with Gasteiger partial charge >= 0.3 is 11.9 Å². The molecule has 0 amide bonds. The summed E-state index contributed by atoms with van der Waals surface area (Å²) in [6.45, 7) is 12.4. The normalized spacial score (nSPS) is 25.9. The number of fused-ring (bicyclic) bond motifs is 1. The van der Waals surface area contributed by atoms with Crippen molar-refractivity contribution in [2.45, 2.75) is 122 Å². The Morgan fingerprint density at radius 1 is 1.05 bits per heavy atom. The molecule has 2 aliphatic rings. The lowest BCUT2D eigenvalue weighted by Crippen LogP contribution is -2.44. The highest BCUT2D eigenvalue weighted by Gasteiger charge is 2.43. The van der Waals surface area contributed by atoms with Gasteiger partial charge in [-0.05, 0) is 66.1 Å². The molecular weight excluding hydrogens is 536 g/mol. The van der Waals surface area contributed by atoms with Crippen molar-refractivity contribution in [3.63, 3.8) is 0 Å². The minimum absolute atomic E-state index is 0.0144. The van der Waals surface area contributed by atoms with Crippen LogP contribution in [-0.4, -0.2) is 62.9 Å². The Kier molecular flexibility index (Phi) is 12.2. The van der Waals surface area contributed by atoms with Crippen molar-refractivity contribution >= 4 is 11.9 Å². The summed E-state index contributed by atoms with van der Waals surface area (Å²) in [5.41, 5.74) is 3.00. The smallest absolute Gasteiger partial charge is 0.347 e. The van der Waals surface area contributed by atoms with Gasteiger partial charge < -0.3 is 29.9 Å². The second-order valence-corrected chi connectivity index (χ2v) is 12.7. The Morgan fingerprint density at radius 2 is 1.69 bits per heavy atom. The first-order valence-electron chi connectivity index (χ1n) is 15.5. The van der Waals surface area contributed by atoms with Crippen molar-refractivity contribution in [1.82, 2.24) is 0 Å². The Balaban J connectivity index is 1.79. The van der Waals surface area contributed by atoms with Gasteiger partial charge in [-0.15, -0.1) is 0 Å². The highest BCUT2D eigenvalue weighted by Crippen LogP contribution is 2.44.